The quantitative estimate of drug-likeness (QED) is 0.722. The van der Waals surface area contributed by atoms with Crippen LogP contribution in [0.15, 0.2) is 24.3 Å². The highest BCUT2D eigenvalue weighted by atomic mass is 19.4. The predicted octanol–water partition coefficient (Wildman–Crippen LogP) is 2.92. The molecule has 3 rings (SSSR count). The fraction of sp³-hybridized carbons (Fsp3) is 0.600. The molecule has 1 atom stereocenters. The summed E-state index contributed by atoms with van der Waals surface area (Å²) >= 11 is 0. The zero-order valence-electron chi connectivity index (χ0n) is 16.8. The number of methoxy groups -OCH3 is 1. The molecule has 0 bridgehead atoms. The van der Waals surface area contributed by atoms with Crippen LogP contribution < -0.4 is 0 Å². The lowest BCUT2D eigenvalue weighted by Crippen LogP contribution is -2.47. The van der Waals surface area contributed by atoms with E-state index in [9.17, 15) is 22.4 Å². The molecule has 2 aliphatic rings. The number of amides is 1. The maximum atomic E-state index is 13.0. The molecule has 0 aromatic heterocycles. The van der Waals surface area contributed by atoms with Crippen molar-refractivity contribution in [2.45, 2.75) is 32.0 Å². The minimum atomic E-state index is -5.08. The first-order valence-corrected chi connectivity index (χ1v) is 9.63. The Balaban J connectivity index is 0.000000396. The van der Waals surface area contributed by atoms with Gasteiger partial charge in [0.15, 0.2) is 0 Å². The fourth-order valence-corrected chi connectivity index (χ4v) is 3.90. The van der Waals surface area contributed by atoms with Crippen LogP contribution in [0.5, 0.6) is 0 Å². The summed E-state index contributed by atoms with van der Waals surface area (Å²) in [6.45, 7) is 4.73. The van der Waals surface area contributed by atoms with Gasteiger partial charge in [0.05, 0.1) is 12.0 Å². The van der Waals surface area contributed by atoms with Crippen molar-refractivity contribution in [3.63, 3.8) is 0 Å². The van der Waals surface area contributed by atoms with Crippen LogP contribution in [0.4, 0.5) is 17.6 Å². The highest BCUT2D eigenvalue weighted by Crippen LogP contribution is 2.40. The number of piperidine rings is 1. The van der Waals surface area contributed by atoms with Crippen molar-refractivity contribution in [1.29, 1.82) is 0 Å². The topological polar surface area (TPSA) is 70.1 Å². The zero-order valence-corrected chi connectivity index (χ0v) is 16.8. The van der Waals surface area contributed by atoms with Crippen molar-refractivity contribution in [1.82, 2.24) is 9.80 Å². The first kappa shape index (κ1) is 24.1. The van der Waals surface area contributed by atoms with E-state index in [1.807, 2.05) is 17.0 Å². The van der Waals surface area contributed by atoms with Crippen LogP contribution >= 0.6 is 0 Å². The lowest BCUT2D eigenvalue weighted by molar-refractivity contribution is -0.192. The molecule has 1 aromatic rings. The summed E-state index contributed by atoms with van der Waals surface area (Å²) in [7, 11) is 1.67. The third-order valence-electron chi connectivity index (χ3n) is 5.38. The first-order valence-electron chi connectivity index (χ1n) is 9.63. The Morgan fingerprint density at radius 1 is 1.20 bits per heavy atom. The minimum absolute atomic E-state index is 0.205. The van der Waals surface area contributed by atoms with E-state index in [0.717, 1.165) is 51.0 Å². The molecule has 1 aromatic carbocycles. The minimum Gasteiger partial charge on any atom is -0.475 e. The predicted molar refractivity (Wildman–Crippen MR) is 100 cm³/mol. The zero-order chi connectivity index (χ0) is 22.4. The van der Waals surface area contributed by atoms with Crippen molar-refractivity contribution >= 4 is 11.9 Å². The summed E-state index contributed by atoms with van der Waals surface area (Å²) in [4.78, 5) is 26.0. The molecule has 2 fully saturated rings. The Bertz CT molecular complexity index is 727. The van der Waals surface area contributed by atoms with Gasteiger partial charge in [0.2, 0.25) is 5.91 Å². The number of carbonyl (C=O) groups excluding carboxylic acids is 1. The number of likely N-dealkylation sites (tertiary alicyclic amines) is 2. The summed E-state index contributed by atoms with van der Waals surface area (Å²) in [5.74, 6) is -2.67. The van der Waals surface area contributed by atoms with E-state index in [4.69, 9.17) is 14.6 Å². The van der Waals surface area contributed by atoms with Gasteiger partial charge in [-0.3, -0.25) is 9.69 Å². The smallest absolute Gasteiger partial charge is 0.475 e. The summed E-state index contributed by atoms with van der Waals surface area (Å²) in [5, 5.41) is 7.12. The molecule has 1 unspecified atom stereocenters. The lowest BCUT2D eigenvalue weighted by Gasteiger charge is -2.39. The van der Waals surface area contributed by atoms with E-state index in [1.165, 1.54) is 12.1 Å². The lowest BCUT2D eigenvalue weighted by atomic mass is 9.78. The van der Waals surface area contributed by atoms with Gasteiger partial charge in [-0.25, -0.2) is 9.18 Å². The molecule has 0 aliphatic carbocycles. The van der Waals surface area contributed by atoms with Crippen LogP contribution in [0.2, 0.25) is 0 Å². The van der Waals surface area contributed by atoms with Crippen molar-refractivity contribution < 1.29 is 37.0 Å². The van der Waals surface area contributed by atoms with Crippen molar-refractivity contribution in [2.75, 3.05) is 39.9 Å². The van der Waals surface area contributed by atoms with Crippen LogP contribution in [-0.4, -0.2) is 72.9 Å². The number of ether oxygens (including phenoxy) is 1. The summed E-state index contributed by atoms with van der Waals surface area (Å²) in [6.07, 6.45) is -2.12. The van der Waals surface area contributed by atoms with E-state index in [-0.39, 0.29) is 11.2 Å². The molecule has 0 saturated carbocycles. The summed E-state index contributed by atoms with van der Waals surface area (Å²) in [6, 6.07) is 6.67. The second-order valence-corrected chi connectivity index (χ2v) is 7.56. The monoisotopic (exact) mass is 434 g/mol. The number of benzene rings is 1. The molecule has 2 aliphatic heterocycles. The van der Waals surface area contributed by atoms with Gasteiger partial charge in [0.25, 0.3) is 0 Å². The molecular formula is C20H26F4N2O4. The average Bonchev–Trinajstić information content (AvgIpc) is 2.97. The second kappa shape index (κ2) is 10.2. The Morgan fingerprint density at radius 3 is 2.40 bits per heavy atom. The van der Waals surface area contributed by atoms with Gasteiger partial charge >= 0.3 is 12.1 Å². The number of alkyl halides is 3. The van der Waals surface area contributed by atoms with Crippen molar-refractivity contribution in [2.24, 2.45) is 5.41 Å². The van der Waals surface area contributed by atoms with Crippen molar-refractivity contribution in [3.8, 4) is 0 Å². The number of carboxylic acids is 1. The number of aliphatic carboxylic acids is 1. The molecule has 168 valence electrons. The highest BCUT2D eigenvalue weighted by molar-refractivity contribution is 5.85. The molecule has 1 N–H and O–H groups in total. The van der Waals surface area contributed by atoms with Gasteiger partial charge in [-0.2, -0.15) is 13.2 Å². The van der Waals surface area contributed by atoms with E-state index in [0.29, 0.717) is 19.1 Å². The van der Waals surface area contributed by atoms with Gasteiger partial charge in [-0.15, -0.1) is 0 Å². The van der Waals surface area contributed by atoms with E-state index < -0.39 is 12.1 Å². The molecule has 1 spiro atoms. The Kier molecular flexibility index (Phi) is 8.19. The number of hydrogen-bond donors (Lipinski definition) is 1. The van der Waals surface area contributed by atoms with Crippen LogP contribution in [0.3, 0.4) is 0 Å². The van der Waals surface area contributed by atoms with E-state index in [1.54, 1.807) is 7.11 Å². The molecule has 10 heteroatoms. The largest absolute Gasteiger partial charge is 0.490 e. The molecule has 30 heavy (non-hydrogen) atoms. The number of carbonyl (C=O) groups is 2. The number of hydrogen-bond acceptors (Lipinski definition) is 4. The standard InChI is InChI=1S/C18H25FN2O2.C2HF3O2/c1-23-12-11-21-10-8-18(17(21)22)7-2-9-20(14-18)13-15-3-5-16(19)6-4-15;3-2(4,5)1(6)7/h3-6H,2,7-14H2,1H3;(H,6,7). The number of carboxylic acid groups (broad SMARTS) is 1. The molecular weight excluding hydrogens is 408 g/mol. The third-order valence-corrected chi connectivity index (χ3v) is 5.38. The average molecular weight is 434 g/mol. The number of halogens is 4. The van der Waals surface area contributed by atoms with Crippen LogP contribution in [0.25, 0.3) is 0 Å². The molecule has 2 heterocycles. The van der Waals surface area contributed by atoms with Crippen molar-refractivity contribution in [3.05, 3.63) is 35.6 Å². The van der Waals surface area contributed by atoms with Gasteiger partial charge in [0.1, 0.15) is 5.82 Å². The van der Waals surface area contributed by atoms with Crippen LogP contribution in [-0.2, 0) is 20.9 Å². The Morgan fingerprint density at radius 2 is 1.83 bits per heavy atom. The van der Waals surface area contributed by atoms with Crippen LogP contribution in [0.1, 0.15) is 24.8 Å². The molecule has 2 saturated heterocycles. The summed E-state index contributed by atoms with van der Waals surface area (Å²) < 4.78 is 49.9. The van der Waals surface area contributed by atoms with Gasteiger partial charge in [-0.1, -0.05) is 12.1 Å². The van der Waals surface area contributed by atoms with Gasteiger partial charge in [-0.05, 0) is 43.5 Å². The van der Waals surface area contributed by atoms with E-state index in [2.05, 4.69) is 4.90 Å². The van der Waals surface area contributed by atoms with Gasteiger partial charge < -0.3 is 14.7 Å². The molecule has 1 amide bonds. The number of rotatable bonds is 5. The molecule has 6 nitrogen and oxygen atoms in total. The molecule has 0 radical (unpaired) electrons. The number of nitrogens with zero attached hydrogens (tertiary/aromatic N) is 2. The maximum Gasteiger partial charge on any atom is 0.490 e. The summed E-state index contributed by atoms with van der Waals surface area (Å²) in [5.41, 5.74) is 0.886. The second-order valence-electron chi connectivity index (χ2n) is 7.56. The normalized spacial score (nSPS) is 22.2. The highest BCUT2D eigenvalue weighted by Gasteiger charge is 2.48. The maximum absolute atomic E-state index is 13.0. The Labute approximate surface area is 172 Å². The van der Waals surface area contributed by atoms with Gasteiger partial charge in [0, 0.05) is 33.3 Å². The van der Waals surface area contributed by atoms with E-state index >= 15 is 0 Å². The fourth-order valence-electron chi connectivity index (χ4n) is 3.90. The SMILES string of the molecule is COCCN1CCC2(CCCN(Cc3ccc(F)cc3)C2)C1=O.O=C(O)C(F)(F)F. The third kappa shape index (κ3) is 6.40. The Hall–Kier alpha value is -2.20. The first-order chi connectivity index (χ1) is 14.1. The van der Waals surface area contributed by atoms with Crippen LogP contribution in [0, 0.1) is 11.2 Å².